The molecule has 0 heterocycles. The van der Waals surface area contributed by atoms with Crippen molar-refractivity contribution >= 4 is 22.1 Å². The molecule has 1 atom stereocenters. The molecule has 10 heteroatoms. The minimum Gasteiger partial charge on any atom is -0.488 e. The predicted octanol–water partition coefficient (Wildman–Crippen LogP) is 4.66. The minimum absolute atomic E-state index is 0.0936. The number of hydrogen-bond acceptors (Lipinski definition) is 6. The molecule has 3 aromatic carbocycles. The Morgan fingerprint density at radius 3 is 2.02 bits per heavy atom. The summed E-state index contributed by atoms with van der Waals surface area (Å²) >= 11 is 0. The van der Waals surface area contributed by atoms with Gasteiger partial charge in [0.25, 0.3) is 0 Å². The van der Waals surface area contributed by atoms with Gasteiger partial charge in [-0.2, -0.15) is 4.31 Å². The van der Waals surface area contributed by atoms with Gasteiger partial charge in [-0.1, -0.05) is 60.7 Å². The minimum atomic E-state index is -3.86. The molecule has 0 bridgehead atoms. The van der Waals surface area contributed by atoms with Gasteiger partial charge in [-0.25, -0.2) is 13.2 Å². The Morgan fingerprint density at radius 1 is 0.951 bits per heavy atom. The number of alkyl carbamates (subject to hydrolysis) is 1. The number of aliphatic carboxylic acids is 1. The Bertz CT molecular complexity index is 1450. The Balaban J connectivity index is 1.49. The van der Waals surface area contributed by atoms with Crippen LogP contribution in [0.25, 0.3) is 11.1 Å². The highest BCUT2D eigenvalue weighted by molar-refractivity contribution is 7.88. The van der Waals surface area contributed by atoms with Crippen molar-refractivity contribution in [3.05, 3.63) is 89.5 Å². The van der Waals surface area contributed by atoms with Gasteiger partial charge < -0.3 is 19.9 Å². The van der Waals surface area contributed by atoms with Gasteiger partial charge in [-0.05, 0) is 67.1 Å². The van der Waals surface area contributed by atoms with Gasteiger partial charge in [0.05, 0.1) is 12.3 Å². The smallest absolute Gasteiger partial charge is 0.407 e. The number of carbonyl (C=O) groups is 2. The van der Waals surface area contributed by atoms with Gasteiger partial charge >= 0.3 is 12.1 Å². The van der Waals surface area contributed by atoms with E-state index in [1.807, 2.05) is 81.4 Å². The van der Waals surface area contributed by atoms with E-state index in [2.05, 4.69) is 5.32 Å². The Hall–Kier alpha value is -3.89. The van der Waals surface area contributed by atoms with E-state index < -0.39 is 34.7 Å². The molecule has 4 rings (SSSR count). The van der Waals surface area contributed by atoms with Crippen molar-refractivity contribution in [2.45, 2.75) is 44.8 Å². The van der Waals surface area contributed by atoms with Gasteiger partial charge in [0.15, 0.2) is 0 Å². The summed E-state index contributed by atoms with van der Waals surface area (Å²) in [5.41, 5.74) is 4.78. The number of nitrogens with zero attached hydrogens (tertiary/aromatic N) is 1. The van der Waals surface area contributed by atoms with Crippen LogP contribution >= 0.6 is 0 Å². The average Bonchev–Trinajstić information content (AvgIpc) is 3.20. The van der Waals surface area contributed by atoms with Gasteiger partial charge in [0.2, 0.25) is 10.0 Å². The first-order chi connectivity index (χ1) is 19.3. The summed E-state index contributed by atoms with van der Waals surface area (Å²) in [7, 11) is -3.86. The maximum atomic E-state index is 13.1. The number of fused-ring (bicyclic) bond motifs is 3. The first-order valence-electron chi connectivity index (χ1n) is 13.4. The van der Waals surface area contributed by atoms with Gasteiger partial charge in [0.1, 0.15) is 24.5 Å². The highest BCUT2D eigenvalue weighted by Gasteiger charge is 2.30. The molecule has 0 aromatic heterocycles. The van der Waals surface area contributed by atoms with Crippen LogP contribution in [-0.4, -0.2) is 67.5 Å². The van der Waals surface area contributed by atoms with Crippen molar-refractivity contribution < 1.29 is 32.6 Å². The fraction of sp³-hybridized carbons (Fsp3) is 0.355. The van der Waals surface area contributed by atoms with Crippen LogP contribution in [0.3, 0.4) is 0 Å². The van der Waals surface area contributed by atoms with E-state index in [1.54, 1.807) is 12.1 Å². The molecule has 1 aliphatic carbocycles. The second-order valence-electron chi connectivity index (χ2n) is 11.2. The van der Waals surface area contributed by atoms with E-state index in [-0.39, 0.29) is 31.1 Å². The van der Waals surface area contributed by atoms with Crippen LogP contribution < -0.4 is 10.1 Å². The molecule has 1 unspecified atom stereocenters. The van der Waals surface area contributed by atoms with Gasteiger partial charge in [0, 0.05) is 12.5 Å². The SMILES string of the molecule is CC(C)(C)Oc1ccc(CC(CN(CC(=O)O)S(C)(=O)=O)NC(=O)OCC2c3ccccc3-c3ccccc32)cc1. The maximum Gasteiger partial charge on any atom is 0.407 e. The number of carbonyl (C=O) groups excluding carboxylic acids is 1. The number of carboxylic acid groups (broad SMARTS) is 1. The third-order valence-corrected chi connectivity index (χ3v) is 7.92. The molecular weight excluding hydrogens is 544 g/mol. The summed E-state index contributed by atoms with van der Waals surface area (Å²) in [6.07, 6.45) is 0.471. The standard InChI is InChI=1S/C31H36N2O7S/c1-31(2,3)40-23-15-13-21(14-16-23)17-22(18-33(19-29(34)35)41(4,37)38)32-30(36)39-20-28-26-11-7-5-9-24(26)25-10-6-8-12-27(25)28/h5-16,22,28H,17-20H2,1-4H3,(H,32,36)(H,34,35). The van der Waals surface area contributed by atoms with Gasteiger partial charge in [-0.3, -0.25) is 4.79 Å². The van der Waals surface area contributed by atoms with Crippen LogP contribution in [0, 0.1) is 0 Å². The molecule has 1 amide bonds. The molecule has 0 spiro atoms. The quantitative estimate of drug-likeness (QED) is 0.338. The second-order valence-corrected chi connectivity index (χ2v) is 13.2. The number of benzene rings is 3. The van der Waals surface area contributed by atoms with Crippen LogP contribution in [0.4, 0.5) is 4.79 Å². The van der Waals surface area contributed by atoms with E-state index in [0.717, 1.165) is 38.4 Å². The number of ether oxygens (including phenoxy) is 2. The number of rotatable bonds is 11. The zero-order valence-corrected chi connectivity index (χ0v) is 24.5. The fourth-order valence-corrected chi connectivity index (χ4v) is 5.81. The molecule has 2 N–H and O–H groups in total. The number of hydrogen-bond donors (Lipinski definition) is 2. The summed E-state index contributed by atoms with van der Waals surface area (Å²) in [5.74, 6) is -0.758. The zero-order valence-electron chi connectivity index (χ0n) is 23.7. The molecule has 0 fully saturated rings. The predicted molar refractivity (Wildman–Crippen MR) is 157 cm³/mol. The van der Waals surface area contributed by atoms with Crippen molar-refractivity contribution in [1.29, 1.82) is 0 Å². The van der Waals surface area contributed by atoms with E-state index in [9.17, 15) is 23.1 Å². The van der Waals surface area contributed by atoms with E-state index in [4.69, 9.17) is 9.47 Å². The average molecular weight is 581 g/mol. The van der Waals surface area contributed by atoms with Crippen LogP contribution in [0.1, 0.15) is 43.4 Å². The normalized spacial score (nSPS) is 13.8. The second kappa shape index (κ2) is 12.3. The van der Waals surface area contributed by atoms with Gasteiger partial charge in [-0.15, -0.1) is 0 Å². The number of carboxylic acids is 1. The lowest BCUT2D eigenvalue weighted by molar-refractivity contribution is -0.137. The molecule has 0 radical (unpaired) electrons. The molecule has 218 valence electrons. The zero-order chi connectivity index (χ0) is 29.8. The van der Waals surface area contributed by atoms with E-state index in [0.29, 0.717) is 5.75 Å². The number of nitrogens with one attached hydrogen (secondary N) is 1. The van der Waals surface area contributed by atoms with Crippen LogP contribution in [0.15, 0.2) is 72.8 Å². The van der Waals surface area contributed by atoms with Crippen molar-refractivity contribution in [2.75, 3.05) is 26.0 Å². The Labute approximate surface area is 241 Å². The lowest BCUT2D eigenvalue weighted by atomic mass is 9.98. The third kappa shape index (κ3) is 8.08. The van der Waals surface area contributed by atoms with Crippen molar-refractivity contribution in [3.63, 3.8) is 0 Å². The summed E-state index contributed by atoms with van der Waals surface area (Å²) in [6.45, 7) is 4.96. The Kier molecular flexibility index (Phi) is 9.04. The molecular formula is C31H36N2O7S. The van der Waals surface area contributed by atoms with E-state index >= 15 is 0 Å². The molecule has 0 saturated heterocycles. The highest BCUT2D eigenvalue weighted by atomic mass is 32.2. The molecule has 41 heavy (non-hydrogen) atoms. The first-order valence-corrected chi connectivity index (χ1v) is 15.2. The third-order valence-electron chi connectivity index (χ3n) is 6.70. The molecule has 1 aliphatic rings. The summed E-state index contributed by atoms with van der Waals surface area (Å²) in [6, 6.07) is 22.5. The summed E-state index contributed by atoms with van der Waals surface area (Å²) in [5, 5.41) is 12.1. The van der Waals surface area contributed by atoms with Crippen molar-refractivity contribution in [2.24, 2.45) is 0 Å². The molecule has 0 aliphatic heterocycles. The first kappa shape index (κ1) is 30.1. The molecule has 3 aromatic rings. The molecule has 0 saturated carbocycles. The van der Waals surface area contributed by atoms with E-state index in [1.165, 1.54) is 0 Å². The number of amides is 1. The monoisotopic (exact) mass is 580 g/mol. The van der Waals surface area contributed by atoms with Crippen molar-refractivity contribution in [3.8, 4) is 16.9 Å². The fourth-order valence-electron chi connectivity index (χ4n) is 5.01. The lowest BCUT2D eigenvalue weighted by Gasteiger charge is -2.26. The topological polar surface area (TPSA) is 122 Å². The lowest BCUT2D eigenvalue weighted by Crippen LogP contribution is -2.48. The summed E-state index contributed by atoms with van der Waals surface area (Å²) in [4.78, 5) is 24.4. The largest absolute Gasteiger partial charge is 0.488 e. The van der Waals surface area contributed by atoms with Crippen LogP contribution in [0.5, 0.6) is 5.75 Å². The number of sulfonamides is 1. The van der Waals surface area contributed by atoms with Crippen molar-refractivity contribution in [1.82, 2.24) is 9.62 Å². The van der Waals surface area contributed by atoms with Crippen LogP contribution in [0.2, 0.25) is 0 Å². The highest BCUT2D eigenvalue weighted by Crippen LogP contribution is 2.44. The summed E-state index contributed by atoms with van der Waals surface area (Å²) < 4.78 is 37.1. The maximum absolute atomic E-state index is 13.1. The Morgan fingerprint density at radius 2 is 1.51 bits per heavy atom. The van der Waals surface area contributed by atoms with Crippen LogP contribution in [-0.2, 0) is 26.0 Å². The molecule has 9 nitrogen and oxygen atoms in total.